The minimum atomic E-state index is -2.77. The third-order valence-electron chi connectivity index (χ3n) is 10.8. The summed E-state index contributed by atoms with van der Waals surface area (Å²) in [4.78, 5) is 0. The number of benzene rings is 8. The van der Waals surface area contributed by atoms with Gasteiger partial charge in [0, 0.05) is 11.1 Å². The Kier molecular flexibility index (Phi) is 17.9. The van der Waals surface area contributed by atoms with E-state index >= 15 is 0 Å². The van der Waals surface area contributed by atoms with Crippen LogP contribution in [0.1, 0.15) is 0 Å². The first-order valence-electron chi connectivity index (χ1n) is 19.8. The Balaban J connectivity index is 0.000000731. The van der Waals surface area contributed by atoms with Crippen LogP contribution in [0.4, 0.5) is 0 Å². The molecule has 0 unspecified atom stereocenters. The van der Waals surface area contributed by atoms with Gasteiger partial charge in [0.15, 0.2) is 0 Å². The summed E-state index contributed by atoms with van der Waals surface area (Å²) in [6, 6.07) is 63.4. The van der Waals surface area contributed by atoms with E-state index in [4.69, 9.17) is 0 Å². The maximum absolute atomic E-state index is 12.9. The number of hydrogen-bond acceptors (Lipinski definition) is 2. The molecule has 8 aromatic rings. The molecule has 2 N–H and O–H groups in total. The summed E-state index contributed by atoms with van der Waals surface area (Å²) in [5.41, 5.74) is 1.36. The van der Waals surface area contributed by atoms with E-state index in [2.05, 4.69) is 175 Å². The summed E-state index contributed by atoms with van der Waals surface area (Å²) >= 11 is 0. The SMILES string of the molecule is C[N-]C.C[N-]C.C[N-]C.C[Si](c1ccccc1)(c1ccccc1)c1cc2ccccc2c(-c2c(O)c([Si](C)(c3ccccc3)c3ccccc3)cc3ccccc23)c1O.[Nb+3]. The van der Waals surface area contributed by atoms with Crippen molar-refractivity contribution in [3.8, 4) is 22.6 Å². The molecular weight excluding hydrogens is 848 g/mol. The van der Waals surface area contributed by atoms with E-state index in [0.717, 1.165) is 31.9 Å². The van der Waals surface area contributed by atoms with Crippen molar-refractivity contribution in [1.82, 2.24) is 0 Å². The fourth-order valence-electron chi connectivity index (χ4n) is 7.98. The molecule has 0 amide bonds. The normalized spacial score (nSPS) is 10.9. The molecular formula is C52H56N3NbO2Si2. The van der Waals surface area contributed by atoms with Gasteiger partial charge >= 0.3 is 22.4 Å². The van der Waals surface area contributed by atoms with Crippen LogP contribution in [0.2, 0.25) is 13.1 Å². The third-order valence-corrected chi connectivity index (χ3v) is 19.6. The molecule has 8 rings (SSSR count). The van der Waals surface area contributed by atoms with Gasteiger partial charge in [-0.25, -0.2) is 0 Å². The maximum atomic E-state index is 12.9. The molecule has 0 aliphatic carbocycles. The van der Waals surface area contributed by atoms with Gasteiger partial charge in [0.2, 0.25) is 0 Å². The Morgan fingerprint density at radius 2 is 0.567 bits per heavy atom. The van der Waals surface area contributed by atoms with E-state index in [9.17, 15) is 10.2 Å². The van der Waals surface area contributed by atoms with Crippen molar-refractivity contribution in [2.45, 2.75) is 13.1 Å². The Labute approximate surface area is 375 Å². The van der Waals surface area contributed by atoms with E-state index in [1.165, 1.54) is 20.7 Å². The van der Waals surface area contributed by atoms with Crippen molar-refractivity contribution in [3.05, 3.63) is 198 Å². The second-order valence-corrected chi connectivity index (χ2v) is 22.7. The van der Waals surface area contributed by atoms with E-state index < -0.39 is 16.1 Å². The first-order valence-corrected chi connectivity index (χ1v) is 24.8. The molecule has 0 aliphatic heterocycles. The van der Waals surface area contributed by atoms with Crippen LogP contribution in [0.3, 0.4) is 0 Å². The van der Waals surface area contributed by atoms with Crippen LogP contribution in [-0.2, 0) is 22.4 Å². The quantitative estimate of drug-likeness (QED) is 0.124. The fraction of sp³-hybridized carbons (Fsp3) is 0.154. The first kappa shape index (κ1) is 47.6. The van der Waals surface area contributed by atoms with E-state index in [-0.39, 0.29) is 33.9 Å². The van der Waals surface area contributed by atoms with Gasteiger partial charge in [-0.3, -0.25) is 0 Å². The van der Waals surface area contributed by atoms with Crippen LogP contribution in [0, 0.1) is 0 Å². The van der Waals surface area contributed by atoms with E-state index in [1.807, 2.05) is 36.4 Å². The van der Waals surface area contributed by atoms with Crippen molar-refractivity contribution in [2.75, 3.05) is 42.3 Å². The van der Waals surface area contributed by atoms with Crippen LogP contribution in [0.15, 0.2) is 182 Å². The molecule has 0 aliphatic rings. The minimum Gasteiger partial charge on any atom is -0.668 e. The zero-order chi connectivity index (χ0) is 42.4. The molecule has 0 heterocycles. The van der Waals surface area contributed by atoms with Crippen molar-refractivity contribution in [2.24, 2.45) is 0 Å². The zero-order valence-electron chi connectivity index (χ0n) is 36.0. The predicted octanol–water partition coefficient (Wildman–Crippen LogP) is 9.13. The molecule has 8 aromatic carbocycles. The number of hydrogen-bond donors (Lipinski definition) is 2. The second kappa shape index (κ2) is 22.5. The van der Waals surface area contributed by atoms with Gasteiger partial charge in [-0.15, -0.1) is 0 Å². The summed E-state index contributed by atoms with van der Waals surface area (Å²) in [5.74, 6) is 0.455. The van der Waals surface area contributed by atoms with Gasteiger partial charge < -0.3 is 26.2 Å². The number of phenolic OH excluding ortho intramolecular Hbond substituents is 2. The molecule has 8 heteroatoms. The van der Waals surface area contributed by atoms with E-state index in [1.54, 1.807) is 42.3 Å². The Morgan fingerprint density at radius 1 is 0.350 bits per heavy atom. The molecule has 0 aromatic heterocycles. The number of fused-ring (bicyclic) bond motifs is 2. The summed E-state index contributed by atoms with van der Waals surface area (Å²) < 4.78 is 0. The van der Waals surface area contributed by atoms with E-state index in [0.29, 0.717) is 11.1 Å². The predicted molar refractivity (Wildman–Crippen MR) is 263 cm³/mol. The third kappa shape index (κ3) is 9.76. The molecule has 0 radical (unpaired) electrons. The molecule has 0 fully saturated rings. The monoisotopic (exact) mass is 903 g/mol. The molecule has 0 saturated heterocycles. The summed E-state index contributed by atoms with van der Waals surface area (Å²) in [5, 5.41) is 46.9. The van der Waals surface area contributed by atoms with Gasteiger partial charge in [0.25, 0.3) is 0 Å². The summed E-state index contributed by atoms with van der Waals surface area (Å²) in [6.45, 7) is 4.66. The largest absolute Gasteiger partial charge is 3.00 e. The number of rotatable bonds is 7. The van der Waals surface area contributed by atoms with Crippen molar-refractivity contribution in [1.29, 1.82) is 0 Å². The van der Waals surface area contributed by atoms with Gasteiger partial charge in [-0.05, 0) is 52.7 Å². The van der Waals surface area contributed by atoms with Crippen LogP contribution in [0.25, 0.3) is 48.6 Å². The summed E-state index contributed by atoms with van der Waals surface area (Å²) in [7, 11) is 4.97. The first-order chi connectivity index (χ1) is 28.7. The van der Waals surface area contributed by atoms with Crippen molar-refractivity contribution in [3.63, 3.8) is 0 Å². The number of phenols is 2. The Hall–Kier alpha value is -5.07. The van der Waals surface area contributed by atoms with Crippen LogP contribution in [-0.4, -0.2) is 68.6 Å². The molecule has 60 heavy (non-hydrogen) atoms. The molecule has 0 atom stereocenters. The summed E-state index contributed by atoms with van der Waals surface area (Å²) in [6.07, 6.45) is 0. The van der Waals surface area contributed by atoms with Crippen LogP contribution in [0.5, 0.6) is 11.5 Å². The van der Waals surface area contributed by atoms with Crippen LogP contribution >= 0.6 is 0 Å². The molecule has 0 saturated carbocycles. The standard InChI is InChI=1S/C46H38O2Si2.3C2H6N.Nb/c1-49(35-21-7-3-8-22-35,36-23-9-4-10-24-36)41-31-33-19-15-17-29-39(33)43(45(41)47)44-40-30-18-16-20-34(40)32-42(46(44)48)50(2,37-25-11-5-12-26-37)38-27-13-6-14-28-38;3*1-3-2;/h3-32,47-48H,1-2H3;3*1-2H3;/q;3*-1;+3. The van der Waals surface area contributed by atoms with Gasteiger partial charge in [0.1, 0.15) is 27.6 Å². The molecule has 304 valence electrons. The second-order valence-electron chi connectivity index (χ2n) is 14.8. The van der Waals surface area contributed by atoms with Gasteiger partial charge in [0.05, 0.1) is 0 Å². The Morgan fingerprint density at radius 3 is 0.817 bits per heavy atom. The van der Waals surface area contributed by atoms with Crippen molar-refractivity contribution >= 4 is 68.8 Å². The number of aromatic hydroxyl groups is 2. The topological polar surface area (TPSA) is 82.8 Å². The molecule has 0 bridgehead atoms. The molecule has 0 spiro atoms. The smallest absolute Gasteiger partial charge is 0.668 e. The van der Waals surface area contributed by atoms with Gasteiger partial charge in [-0.1, -0.05) is 195 Å². The van der Waals surface area contributed by atoms with Crippen molar-refractivity contribution < 1.29 is 32.6 Å². The maximum Gasteiger partial charge on any atom is 3.00 e. The van der Waals surface area contributed by atoms with Crippen LogP contribution < -0.4 is 31.1 Å². The zero-order valence-corrected chi connectivity index (χ0v) is 40.2. The number of nitrogens with zero attached hydrogens (tertiary/aromatic N) is 3. The Bertz CT molecular complexity index is 2280. The average molecular weight is 904 g/mol. The fourth-order valence-corrected chi connectivity index (χ4v) is 15.4. The minimum absolute atomic E-state index is 0. The molecule has 5 nitrogen and oxygen atoms in total. The van der Waals surface area contributed by atoms with Gasteiger partial charge in [-0.2, -0.15) is 42.3 Å². The average Bonchev–Trinajstić information content (AvgIpc) is 3.28.